The van der Waals surface area contributed by atoms with E-state index in [9.17, 15) is 14.4 Å². The van der Waals surface area contributed by atoms with Gasteiger partial charge in [-0.15, -0.1) is 0 Å². The molecule has 136 valence electrons. The molecule has 0 radical (unpaired) electrons. The smallest absolute Gasteiger partial charge is 0.419 e. The van der Waals surface area contributed by atoms with Gasteiger partial charge in [0, 0.05) is 12.6 Å². The summed E-state index contributed by atoms with van der Waals surface area (Å²) in [5, 5.41) is 0.403. The first-order valence-corrected chi connectivity index (χ1v) is 8.42. The fourth-order valence-corrected chi connectivity index (χ4v) is 2.89. The second kappa shape index (κ2) is 6.95. The van der Waals surface area contributed by atoms with Crippen LogP contribution in [-0.4, -0.2) is 17.1 Å². The molecule has 2 aromatic carbocycles. The maximum atomic E-state index is 12.1. The Hall–Kier alpha value is -3.61. The lowest BCUT2D eigenvalue weighted by Gasteiger charge is -2.05. The molecule has 2 aromatic heterocycles. The van der Waals surface area contributed by atoms with Gasteiger partial charge in [0.1, 0.15) is 5.58 Å². The summed E-state index contributed by atoms with van der Waals surface area (Å²) in [4.78, 5) is 36.1. The molecule has 0 fully saturated rings. The predicted octanol–water partition coefficient (Wildman–Crippen LogP) is 2.95. The van der Waals surface area contributed by atoms with Crippen molar-refractivity contribution in [1.29, 1.82) is 0 Å². The zero-order valence-electron chi connectivity index (χ0n) is 14.2. The van der Waals surface area contributed by atoms with Gasteiger partial charge in [-0.25, -0.2) is 9.59 Å². The molecule has 7 nitrogen and oxygen atoms in total. The van der Waals surface area contributed by atoms with Crippen LogP contribution in [0, 0.1) is 0 Å². The molecule has 0 spiro atoms. The standard InChI is InChI=1S/C20H15NO6/c22-15-12-18(26-16-8-3-1-6-13(15)16)19(23)25-11-5-10-21-14-7-2-4-9-17(14)27-20(21)24/h1-4,6-9,12H,5,10-11H2. The average molecular weight is 365 g/mol. The molecule has 0 amide bonds. The highest BCUT2D eigenvalue weighted by molar-refractivity contribution is 5.88. The number of carbonyl (C=O) groups is 1. The highest BCUT2D eigenvalue weighted by Gasteiger charge is 2.14. The minimum atomic E-state index is -0.720. The minimum Gasteiger partial charge on any atom is -0.460 e. The highest BCUT2D eigenvalue weighted by Crippen LogP contribution is 2.14. The maximum absolute atomic E-state index is 12.1. The lowest BCUT2D eigenvalue weighted by atomic mass is 10.2. The van der Waals surface area contributed by atoms with Crippen LogP contribution in [0.4, 0.5) is 0 Å². The van der Waals surface area contributed by atoms with Gasteiger partial charge in [0.2, 0.25) is 5.76 Å². The van der Waals surface area contributed by atoms with Gasteiger partial charge < -0.3 is 13.6 Å². The lowest BCUT2D eigenvalue weighted by Crippen LogP contribution is -2.16. The summed E-state index contributed by atoms with van der Waals surface area (Å²) >= 11 is 0. The van der Waals surface area contributed by atoms with Crippen molar-refractivity contribution < 1.29 is 18.4 Å². The molecule has 7 heteroatoms. The van der Waals surface area contributed by atoms with Gasteiger partial charge in [0.25, 0.3) is 0 Å². The number of nitrogens with zero attached hydrogens (tertiary/aromatic N) is 1. The number of carbonyl (C=O) groups excluding carboxylic acids is 1. The summed E-state index contributed by atoms with van der Waals surface area (Å²) in [6, 6.07) is 14.9. The third-order valence-electron chi connectivity index (χ3n) is 4.17. The molecule has 0 aliphatic heterocycles. The van der Waals surface area contributed by atoms with E-state index in [0.29, 0.717) is 35.0 Å². The first-order chi connectivity index (χ1) is 13.1. The second-order valence-corrected chi connectivity index (χ2v) is 5.95. The fraction of sp³-hybridized carbons (Fsp3) is 0.150. The van der Waals surface area contributed by atoms with Crippen LogP contribution >= 0.6 is 0 Å². The van der Waals surface area contributed by atoms with Gasteiger partial charge in [0.15, 0.2) is 11.0 Å². The monoisotopic (exact) mass is 365 g/mol. The van der Waals surface area contributed by atoms with E-state index < -0.39 is 11.7 Å². The summed E-state index contributed by atoms with van der Waals surface area (Å²) < 4.78 is 17.2. The maximum Gasteiger partial charge on any atom is 0.419 e. The number of rotatable bonds is 5. The molecule has 0 saturated carbocycles. The highest BCUT2D eigenvalue weighted by atomic mass is 16.5. The van der Waals surface area contributed by atoms with Crippen LogP contribution in [0.1, 0.15) is 17.0 Å². The first kappa shape index (κ1) is 16.8. The molecule has 0 N–H and O–H groups in total. The molecule has 0 atom stereocenters. The Labute approximate surface area is 152 Å². The van der Waals surface area contributed by atoms with E-state index in [4.69, 9.17) is 13.6 Å². The van der Waals surface area contributed by atoms with Gasteiger partial charge in [-0.3, -0.25) is 9.36 Å². The Morgan fingerprint density at radius 1 is 0.963 bits per heavy atom. The Morgan fingerprint density at radius 2 is 1.70 bits per heavy atom. The second-order valence-electron chi connectivity index (χ2n) is 5.95. The van der Waals surface area contributed by atoms with Crippen molar-refractivity contribution in [3.63, 3.8) is 0 Å². The van der Waals surface area contributed by atoms with Crippen molar-refractivity contribution >= 4 is 28.0 Å². The van der Waals surface area contributed by atoms with E-state index in [2.05, 4.69) is 0 Å². The number of para-hydroxylation sites is 3. The van der Waals surface area contributed by atoms with Crippen molar-refractivity contribution in [3.8, 4) is 0 Å². The third kappa shape index (κ3) is 3.27. The van der Waals surface area contributed by atoms with Gasteiger partial charge >= 0.3 is 11.7 Å². The molecule has 27 heavy (non-hydrogen) atoms. The Morgan fingerprint density at radius 3 is 2.56 bits per heavy atom. The molecule has 0 aliphatic rings. The van der Waals surface area contributed by atoms with Gasteiger partial charge in [-0.2, -0.15) is 0 Å². The van der Waals surface area contributed by atoms with Crippen LogP contribution in [0.3, 0.4) is 0 Å². The van der Waals surface area contributed by atoms with Gasteiger partial charge in [-0.1, -0.05) is 24.3 Å². The number of hydrogen-bond acceptors (Lipinski definition) is 6. The summed E-state index contributed by atoms with van der Waals surface area (Å²) in [5.41, 5.74) is 1.22. The molecule has 2 heterocycles. The molecular weight excluding hydrogens is 350 g/mol. The SMILES string of the molecule is O=C(OCCCn1c(=O)oc2ccccc21)c1cc(=O)c2ccccc2o1. The quantitative estimate of drug-likeness (QED) is 0.399. The van der Waals surface area contributed by atoms with Crippen molar-refractivity contribution in [3.05, 3.63) is 81.1 Å². The zero-order valence-corrected chi connectivity index (χ0v) is 14.2. The average Bonchev–Trinajstić information content (AvgIpc) is 3.00. The minimum absolute atomic E-state index is 0.0708. The molecule has 4 rings (SSSR count). The van der Waals surface area contributed by atoms with Crippen LogP contribution < -0.4 is 11.2 Å². The topological polar surface area (TPSA) is 91.6 Å². The summed E-state index contributed by atoms with van der Waals surface area (Å²) in [6.07, 6.45) is 0.410. The molecule has 0 unspecified atom stereocenters. The molecular formula is C20H15NO6. The van der Waals surface area contributed by atoms with Crippen molar-refractivity contribution in [1.82, 2.24) is 4.57 Å². The van der Waals surface area contributed by atoms with Crippen LogP contribution in [0.2, 0.25) is 0 Å². The van der Waals surface area contributed by atoms with Crippen molar-refractivity contribution in [2.75, 3.05) is 6.61 Å². The van der Waals surface area contributed by atoms with Crippen molar-refractivity contribution in [2.45, 2.75) is 13.0 Å². The molecule has 0 aliphatic carbocycles. The number of esters is 1. The van der Waals surface area contributed by atoms with E-state index in [1.54, 1.807) is 42.5 Å². The van der Waals surface area contributed by atoms with Gasteiger partial charge in [0.05, 0.1) is 17.5 Å². The first-order valence-electron chi connectivity index (χ1n) is 8.42. The van der Waals surface area contributed by atoms with E-state index in [-0.39, 0.29) is 17.8 Å². The van der Waals surface area contributed by atoms with Crippen molar-refractivity contribution in [2.24, 2.45) is 0 Å². The van der Waals surface area contributed by atoms with Gasteiger partial charge in [-0.05, 0) is 30.7 Å². The van der Waals surface area contributed by atoms with E-state index in [0.717, 1.165) is 6.07 Å². The Bertz CT molecular complexity index is 1250. The number of benzene rings is 2. The van der Waals surface area contributed by atoms with Crippen LogP contribution in [-0.2, 0) is 11.3 Å². The predicted molar refractivity (Wildman–Crippen MR) is 97.9 cm³/mol. The Balaban J connectivity index is 1.42. The summed E-state index contributed by atoms with van der Waals surface area (Å²) in [6.45, 7) is 0.409. The molecule has 0 bridgehead atoms. The van der Waals surface area contributed by atoms with Crippen LogP contribution in [0.15, 0.2) is 73.0 Å². The van der Waals surface area contributed by atoms with Crippen LogP contribution in [0.25, 0.3) is 22.1 Å². The zero-order chi connectivity index (χ0) is 18.8. The number of aromatic nitrogens is 1. The lowest BCUT2D eigenvalue weighted by molar-refractivity contribution is 0.0460. The number of fused-ring (bicyclic) bond motifs is 2. The summed E-state index contributed by atoms with van der Waals surface area (Å²) in [7, 11) is 0. The largest absolute Gasteiger partial charge is 0.460 e. The number of ether oxygens (including phenoxy) is 1. The third-order valence-corrected chi connectivity index (χ3v) is 4.17. The molecule has 0 saturated heterocycles. The Kier molecular flexibility index (Phi) is 4.33. The van der Waals surface area contributed by atoms with E-state index in [1.165, 1.54) is 4.57 Å². The van der Waals surface area contributed by atoms with E-state index in [1.807, 2.05) is 6.07 Å². The normalized spacial score (nSPS) is 11.1. The summed E-state index contributed by atoms with van der Waals surface area (Å²) in [5.74, 6) is -1.32. The number of aryl methyl sites for hydroxylation is 1. The van der Waals surface area contributed by atoms with E-state index >= 15 is 0 Å². The fourth-order valence-electron chi connectivity index (χ4n) is 2.89. The number of hydrogen-bond donors (Lipinski definition) is 0. The van der Waals surface area contributed by atoms with Crippen LogP contribution in [0.5, 0.6) is 0 Å². The molecule has 4 aromatic rings. The number of oxazole rings is 1.